The first kappa shape index (κ1) is 21.8. The minimum Gasteiger partial charge on any atom is -0.463 e. The van der Waals surface area contributed by atoms with Crippen molar-refractivity contribution >= 4 is 28.5 Å². The molecule has 1 unspecified atom stereocenters. The number of rotatable bonds is 7. The fourth-order valence-corrected chi connectivity index (χ4v) is 3.52. The molecule has 2 heterocycles. The molecule has 0 aliphatic rings. The Hall–Kier alpha value is -4.44. The Balaban J connectivity index is 1.62. The number of ether oxygens (including phenoxy) is 1. The number of pyridine rings is 1. The molecule has 7 heteroatoms. The summed E-state index contributed by atoms with van der Waals surface area (Å²) in [6.07, 6.45) is 0.628. The van der Waals surface area contributed by atoms with Crippen molar-refractivity contribution in [1.29, 1.82) is 5.26 Å². The highest BCUT2D eigenvalue weighted by atomic mass is 16.5. The van der Waals surface area contributed by atoms with Crippen LogP contribution in [0.25, 0.3) is 22.4 Å². The maximum Gasteiger partial charge on any atom is 0.339 e. The number of hydrogen-bond acceptors (Lipinski definition) is 6. The van der Waals surface area contributed by atoms with Gasteiger partial charge in [-0.3, -0.25) is 4.79 Å². The molecule has 0 fully saturated rings. The summed E-state index contributed by atoms with van der Waals surface area (Å²) < 4.78 is 11.0. The molecule has 4 rings (SSSR count). The minimum absolute atomic E-state index is 0.156. The summed E-state index contributed by atoms with van der Waals surface area (Å²) in [5.74, 6) is -0.532. The molecule has 4 aromatic rings. The number of amides is 1. The standard InChI is InChI=1S/C26H21N3O4/c1-18(25(30)29(15-8-14-27)19-9-3-2-4-10-19)33-26(31)21-17-23(24-13-7-16-32-24)28-22-12-6-5-11-20(21)22/h2-7,9-13,16-18H,8,15H2,1H3. The number of nitriles is 1. The van der Waals surface area contributed by atoms with Gasteiger partial charge in [0, 0.05) is 17.6 Å². The van der Waals surface area contributed by atoms with Crippen LogP contribution in [0, 0.1) is 11.3 Å². The highest BCUT2D eigenvalue weighted by Crippen LogP contribution is 2.26. The van der Waals surface area contributed by atoms with Crippen LogP contribution in [0.5, 0.6) is 0 Å². The Morgan fingerprint density at radius 2 is 1.85 bits per heavy atom. The third-order valence-electron chi connectivity index (χ3n) is 5.12. The van der Waals surface area contributed by atoms with Crippen molar-refractivity contribution in [1.82, 2.24) is 4.98 Å². The van der Waals surface area contributed by atoms with E-state index in [-0.39, 0.29) is 18.5 Å². The third kappa shape index (κ3) is 4.75. The number of aromatic nitrogens is 1. The number of benzene rings is 2. The van der Waals surface area contributed by atoms with E-state index >= 15 is 0 Å². The van der Waals surface area contributed by atoms with Gasteiger partial charge in [0.05, 0.1) is 29.8 Å². The second-order valence-corrected chi connectivity index (χ2v) is 7.33. The number of carbonyl (C=O) groups is 2. The zero-order valence-corrected chi connectivity index (χ0v) is 18.0. The lowest BCUT2D eigenvalue weighted by Crippen LogP contribution is -2.40. The van der Waals surface area contributed by atoms with E-state index in [4.69, 9.17) is 14.4 Å². The van der Waals surface area contributed by atoms with Crippen molar-refractivity contribution in [3.05, 3.63) is 84.6 Å². The Morgan fingerprint density at radius 3 is 2.58 bits per heavy atom. The number of anilines is 1. The van der Waals surface area contributed by atoms with Crippen LogP contribution in [0.4, 0.5) is 5.69 Å². The molecule has 0 bridgehead atoms. The van der Waals surface area contributed by atoms with Gasteiger partial charge in [-0.15, -0.1) is 0 Å². The van der Waals surface area contributed by atoms with E-state index in [0.29, 0.717) is 28.0 Å². The van der Waals surface area contributed by atoms with Crippen molar-refractivity contribution in [3.8, 4) is 17.5 Å². The number of esters is 1. The molecule has 1 amide bonds. The molecule has 0 saturated heterocycles. The number of furan rings is 1. The normalized spacial score (nSPS) is 11.5. The molecule has 2 aromatic carbocycles. The number of para-hydroxylation sites is 2. The zero-order valence-electron chi connectivity index (χ0n) is 18.0. The minimum atomic E-state index is -1.06. The molecule has 1 atom stereocenters. The highest BCUT2D eigenvalue weighted by molar-refractivity contribution is 6.06. The van der Waals surface area contributed by atoms with Crippen LogP contribution in [-0.2, 0) is 9.53 Å². The number of carbonyl (C=O) groups excluding carboxylic acids is 2. The van der Waals surface area contributed by atoms with E-state index in [9.17, 15) is 9.59 Å². The summed E-state index contributed by atoms with van der Waals surface area (Å²) in [6.45, 7) is 1.72. The van der Waals surface area contributed by atoms with Gasteiger partial charge >= 0.3 is 5.97 Å². The van der Waals surface area contributed by atoms with Gasteiger partial charge < -0.3 is 14.1 Å². The largest absolute Gasteiger partial charge is 0.463 e. The first-order valence-corrected chi connectivity index (χ1v) is 10.5. The summed E-state index contributed by atoms with van der Waals surface area (Å²) in [5.41, 5.74) is 2.02. The van der Waals surface area contributed by atoms with Crippen LogP contribution < -0.4 is 4.90 Å². The molecule has 164 valence electrons. The smallest absolute Gasteiger partial charge is 0.339 e. The SMILES string of the molecule is CC(OC(=O)c1cc(-c2ccco2)nc2ccccc12)C(=O)N(CCC#N)c1ccccc1. The predicted octanol–water partition coefficient (Wildman–Crippen LogP) is 4.99. The summed E-state index contributed by atoms with van der Waals surface area (Å²) in [4.78, 5) is 32.3. The number of nitrogens with zero attached hydrogens (tertiary/aromatic N) is 3. The summed E-state index contributed by atoms with van der Waals surface area (Å²) in [5, 5.41) is 9.61. The van der Waals surface area contributed by atoms with Gasteiger partial charge in [0.2, 0.25) is 0 Å². The molecule has 0 spiro atoms. The van der Waals surface area contributed by atoms with Gasteiger partial charge in [-0.1, -0.05) is 36.4 Å². The van der Waals surface area contributed by atoms with Crippen molar-refractivity contribution in [3.63, 3.8) is 0 Å². The van der Waals surface area contributed by atoms with Gasteiger partial charge in [-0.2, -0.15) is 5.26 Å². The number of hydrogen-bond donors (Lipinski definition) is 0. The summed E-state index contributed by atoms with van der Waals surface area (Å²) >= 11 is 0. The Bertz CT molecular complexity index is 1310. The maximum atomic E-state index is 13.2. The topological polar surface area (TPSA) is 96.4 Å². The lowest BCUT2D eigenvalue weighted by molar-refractivity contribution is -0.126. The first-order valence-electron chi connectivity index (χ1n) is 10.5. The Labute approximate surface area is 190 Å². The molecule has 0 N–H and O–H groups in total. The molecule has 0 radical (unpaired) electrons. The van der Waals surface area contributed by atoms with Crippen molar-refractivity contribution in [2.45, 2.75) is 19.4 Å². The Morgan fingerprint density at radius 1 is 1.09 bits per heavy atom. The highest BCUT2D eigenvalue weighted by Gasteiger charge is 2.26. The van der Waals surface area contributed by atoms with Crippen LogP contribution in [0.3, 0.4) is 0 Å². The van der Waals surface area contributed by atoms with Crippen LogP contribution in [-0.4, -0.2) is 29.5 Å². The Kier molecular flexibility index (Phi) is 6.46. The fraction of sp³-hybridized carbons (Fsp3) is 0.154. The monoisotopic (exact) mass is 439 g/mol. The second-order valence-electron chi connectivity index (χ2n) is 7.33. The third-order valence-corrected chi connectivity index (χ3v) is 5.12. The van der Waals surface area contributed by atoms with E-state index < -0.39 is 18.0 Å². The van der Waals surface area contributed by atoms with Crippen LogP contribution in [0.1, 0.15) is 23.7 Å². The van der Waals surface area contributed by atoms with E-state index in [1.54, 1.807) is 60.7 Å². The van der Waals surface area contributed by atoms with Crippen molar-refractivity contribution in [2.75, 3.05) is 11.4 Å². The lowest BCUT2D eigenvalue weighted by Gasteiger charge is -2.25. The van der Waals surface area contributed by atoms with Crippen LogP contribution in [0.2, 0.25) is 0 Å². The summed E-state index contributed by atoms with van der Waals surface area (Å²) in [6, 6.07) is 23.4. The van der Waals surface area contributed by atoms with Crippen LogP contribution >= 0.6 is 0 Å². The number of fused-ring (bicyclic) bond motifs is 1. The first-order chi connectivity index (χ1) is 16.1. The molecule has 0 aliphatic heterocycles. The molecule has 0 aliphatic carbocycles. The average Bonchev–Trinajstić information content (AvgIpc) is 3.39. The molecular formula is C26H21N3O4. The fourth-order valence-electron chi connectivity index (χ4n) is 3.52. The zero-order chi connectivity index (χ0) is 23.2. The van der Waals surface area contributed by atoms with Gasteiger partial charge in [0.15, 0.2) is 11.9 Å². The molecule has 33 heavy (non-hydrogen) atoms. The van der Waals surface area contributed by atoms with E-state index in [1.165, 1.54) is 18.1 Å². The van der Waals surface area contributed by atoms with Crippen molar-refractivity contribution in [2.24, 2.45) is 0 Å². The van der Waals surface area contributed by atoms with E-state index in [2.05, 4.69) is 11.1 Å². The predicted molar refractivity (Wildman–Crippen MR) is 123 cm³/mol. The van der Waals surface area contributed by atoms with Gasteiger partial charge in [-0.05, 0) is 43.3 Å². The lowest BCUT2D eigenvalue weighted by atomic mass is 10.1. The molecule has 0 saturated carbocycles. The quantitative estimate of drug-likeness (QED) is 0.377. The molecule has 7 nitrogen and oxygen atoms in total. The van der Waals surface area contributed by atoms with E-state index in [1.807, 2.05) is 12.1 Å². The molecule has 2 aromatic heterocycles. The van der Waals surface area contributed by atoms with E-state index in [0.717, 1.165) is 0 Å². The van der Waals surface area contributed by atoms with Crippen LogP contribution in [0.15, 0.2) is 83.5 Å². The second kappa shape index (κ2) is 9.79. The van der Waals surface area contributed by atoms with Gasteiger partial charge in [-0.25, -0.2) is 9.78 Å². The maximum absolute atomic E-state index is 13.2. The molecular weight excluding hydrogens is 418 g/mol. The summed E-state index contributed by atoms with van der Waals surface area (Å²) in [7, 11) is 0. The average molecular weight is 439 g/mol. The van der Waals surface area contributed by atoms with Gasteiger partial charge in [0.25, 0.3) is 5.91 Å². The van der Waals surface area contributed by atoms with Gasteiger partial charge in [0.1, 0.15) is 5.69 Å². The van der Waals surface area contributed by atoms with Crippen molar-refractivity contribution < 1.29 is 18.7 Å².